The van der Waals surface area contributed by atoms with E-state index in [1.807, 2.05) is 0 Å². The maximum atomic E-state index is 11.4. The van der Waals surface area contributed by atoms with Crippen molar-refractivity contribution in [2.75, 3.05) is 33.5 Å². The first-order valence-corrected chi connectivity index (χ1v) is 5.34. The molecule has 5 heteroatoms. The van der Waals surface area contributed by atoms with Crippen LogP contribution in [0.1, 0.15) is 12.8 Å². The number of ether oxygens (including phenoxy) is 2. The minimum Gasteiger partial charge on any atom is -0.382 e. The summed E-state index contributed by atoms with van der Waals surface area (Å²) in [6, 6.07) is 0.128. The van der Waals surface area contributed by atoms with Gasteiger partial charge in [0.25, 0.3) is 0 Å². The molecule has 3 N–H and O–H groups in total. The molecule has 1 saturated carbocycles. The number of hydrogen-bond acceptors (Lipinski definition) is 4. The van der Waals surface area contributed by atoms with E-state index in [2.05, 4.69) is 5.32 Å². The van der Waals surface area contributed by atoms with Crippen molar-refractivity contribution >= 4 is 5.91 Å². The van der Waals surface area contributed by atoms with Gasteiger partial charge >= 0.3 is 0 Å². The number of carbonyl (C=O) groups excluding carboxylic acids is 1. The molecule has 0 radical (unpaired) electrons. The number of hydrogen-bond donors (Lipinski definition) is 2. The zero-order chi connectivity index (χ0) is 11.1. The molecule has 0 saturated heterocycles. The molecule has 0 bridgehead atoms. The molecule has 0 aliphatic heterocycles. The summed E-state index contributed by atoms with van der Waals surface area (Å²) in [5, 5.41) is 2.88. The predicted molar refractivity (Wildman–Crippen MR) is 56.4 cm³/mol. The number of rotatable bonds is 8. The lowest BCUT2D eigenvalue weighted by Crippen LogP contribution is -2.43. The van der Waals surface area contributed by atoms with Gasteiger partial charge in [0.1, 0.15) is 6.61 Å². The van der Waals surface area contributed by atoms with Gasteiger partial charge in [-0.2, -0.15) is 0 Å². The van der Waals surface area contributed by atoms with Crippen molar-refractivity contribution in [3.8, 4) is 0 Å². The minimum atomic E-state index is -0.0894. The highest BCUT2D eigenvalue weighted by molar-refractivity contribution is 5.77. The molecule has 1 rings (SSSR count). The largest absolute Gasteiger partial charge is 0.382 e. The average Bonchev–Trinajstić information content (AvgIpc) is 3.05. The van der Waals surface area contributed by atoms with Crippen LogP contribution in [-0.2, 0) is 14.3 Å². The third-order valence-corrected chi connectivity index (χ3v) is 2.46. The maximum absolute atomic E-state index is 11.4. The van der Waals surface area contributed by atoms with E-state index in [0.717, 1.165) is 0 Å². The van der Waals surface area contributed by atoms with Crippen molar-refractivity contribution in [3.05, 3.63) is 0 Å². The smallest absolute Gasteiger partial charge is 0.246 e. The number of nitrogens with two attached hydrogens (primary N) is 1. The predicted octanol–water partition coefficient (Wildman–Crippen LogP) is -0.497. The fraction of sp³-hybridized carbons (Fsp3) is 0.900. The molecular formula is C10H20N2O3. The standard InChI is InChI=1S/C10H20N2O3/c1-14-4-5-15-7-10(13)12-9(6-11)8-2-3-8/h8-9H,2-7,11H2,1H3,(H,12,13). The van der Waals surface area contributed by atoms with Crippen LogP contribution in [0.2, 0.25) is 0 Å². The van der Waals surface area contributed by atoms with Crippen LogP contribution in [0.25, 0.3) is 0 Å². The van der Waals surface area contributed by atoms with Crippen molar-refractivity contribution in [1.82, 2.24) is 5.32 Å². The Bertz CT molecular complexity index is 195. The molecule has 88 valence electrons. The fourth-order valence-electron chi connectivity index (χ4n) is 1.42. The molecule has 1 fully saturated rings. The SMILES string of the molecule is COCCOCC(=O)NC(CN)C1CC1. The van der Waals surface area contributed by atoms with E-state index in [4.69, 9.17) is 15.2 Å². The van der Waals surface area contributed by atoms with Crippen LogP contribution in [0.15, 0.2) is 0 Å². The van der Waals surface area contributed by atoms with Gasteiger partial charge in [0, 0.05) is 19.7 Å². The second-order valence-electron chi connectivity index (χ2n) is 3.79. The Kier molecular flexibility index (Phi) is 5.60. The van der Waals surface area contributed by atoms with Crippen LogP contribution in [0.5, 0.6) is 0 Å². The van der Waals surface area contributed by atoms with Crippen molar-refractivity contribution in [2.45, 2.75) is 18.9 Å². The fourth-order valence-corrected chi connectivity index (χ4v) is 1.42. The third-order valence-electron chi connectivity index (χ3n) is 2.46. The average molecular weight is 216 g/mol. The zero-order valence-corrected chi connectivity index (χ0v) is 9.20. The number of amides is 1. The Morgan fingerprint density at radius 1 is 1.53 bits per heavy atom. The van der Waals surface area contributed by atoms with Gasteiger partial charge < -0.3 is 20.5 Å². The van der Waals surface area contributed by atoms with Gasteiger partial charge in [-0.3, -0.25) is 4.79 Å². The van der Waals surface area contributed by atoms with Crippen LogP contribution in [-0.4, -0.2) is 45.4 Å². The summed E-state index contributed by atoms with van der Waals surface area (Å²) in [6.45, 7) is 1.55. The molecule has 1 atom stereocenters. The molecule has 1 unspecified atom stereocenters. The van der Waals surface area contributed by atoms with Crippen LogP contribution in [0, 0.1) is 5.92 Å². The van der Waals surface area contributed by atoms with Gasteiger partial charge in [0.05, 0.1) is 13.2 Å². The second kappa shape index (κ2) is 6.76. The molecule has 0 spiro atoms. The number of methoxy groups -OCH3 is 1. The van der Waals surface area contributed by atoms with Gasteiger partial charge in [0.15, 0.2) is 0 Å². The molecule has 5 nitrogen and oxygen atoms in total. The maximum Gasteiger partial charge on any atom is 0.246 e. The summed E-state index contributed by atoms with van der Waals surface area (Å²) >= 11 is 0. The van der Waals surface area contributed by atoms with Crippen molar-refractivity contribution in [3.63, 3.8) is 0 Å². The monoisotopic (exact) mass is 216 g/mol. The van der Waals surface area contributed by atoms with Gasteiger partial charge in [-0.25, -0.2) is 0 Å². The molecule has 1 aliphatic carbocycles. The van der Waals surface area contributed by atoms with Gasteiger partial charge in [-0.15, -0.1) is 0 Å². The Labute approximate surface area is 90.3 Å². The first-order chi connectivity index (χ1) is 7.27. The normalized spacial score (nSPS) is 17.5. The van der Waals surface area contributed by atoms with Crippen molar-refractivity contribution in [1.29, 1.82) is 0 Å². The second-order valence-corrected chi connectivity index (χ2v) is 3.79. The Balaban J connectivity index is 2.05. The van der Waals surface area contributed by atoms with E-state index in [-0.39, 0.29) is 18.6 Å². The van der Waals surface area contributed by atoms with Gasteiger partial charge in [0.2, 0.25) is 5.91 Å². The highest BCUT2D eigenvalue weighted by atomic mass is 16.5. The van der Waals surface area contributed by atoms with Gasteiger partial charge in [-0.05, 0) is 18.8 Å². The third kappa shape index (κ3) is 5.11. The summed E-state index contributed by atoms with van der Waals surface area (Å²) < 4.78 is 9.90. The van der Waals surface area contributed by atoms with Crippen molar-refractivity contribution < 1.29 is 14.3 Å². The van der Waals surface area contributed by atoms with Crippen LogP contribution < -0.4 is 11.1 Å². The van der Waals surface area contributed by atoms with E-state index >= 15 is 0 Å². The van der Waals surface area contributed by atoms with Crippen LogP contribution >= 0.6 is 0 Å². The Morgan fingerprint density at radius 3 is 2.80 bits per heavy atom. The highest BCUT2D eigenvalue weighted by Crippen LogP contribution is 2.32. The summed E-state index contributed by atoms with van der Waals surface area (Å²) in [5.74, 6) is 0.492. The number of nitrogens with one attached hydrogen (secondary N) is 1. The first kappa shape index (κ1) is 12.4. The van der Waals surface area contributed by atoms with E-state index < -0.39 is 0 Å². The van der Waals surface area contributed by atoms with Crippen LogP contribution in [0.4, 0.5) is 0 Å². The molecule has 1 amide bonds. The summed E-state index contributed by atoms with van der Waals surface area (Å²) in [4.78, 5) is 11.4. The lowest BCUT2D eigenvalue weighted by Gasteiger charge is -2.15. The molecule has 0 heterocycles. The molecule has 1 aliphatic rings. The quantitative estimate of drug-likeness (QED) is 0.537. The van der Waals surface area contributed by atoms with Crippen molar-refractivity contribution in [2.24, 2.45) is 11.7 Å². The highest BCUT2D eigenvalue weighted by Gasteiger charge is 2.31. The molecule has 0 aromatic carbocycles. The molecule has 0 aromatic rings. The van der Waals surface area contributed by atoms with E-state index in [1.54, 1.807) is 7.11 Å². The summed E-state index contributed by atoms with van der Waals surface area (Å²) in [7, 11) is 1.60. The molecule has 0 aromatic heterocycles. The molecule has 15 heavy (non-hydrogen) atoms. The van der Waals surface area contributed by atoms with Crippen LogP contribution in [0.3, 0.4) is 0 Å². The summed E-state index contributed by atoms with van der Waals surface area (Å²) in [6.07, 6.45) is 2.35. The topological polar surface area (TPSA) is 73.6 Å². The zero-order valence-electron chi connectivity index (χ0n) is 9.20. The lowest BCUT2D eigenvalue weighted by atomic mass is 10.2. The van der Waals surface area contributed by atoms with E-state index in [1.165, 1.54) is 12.8 Å². The van der Waals surface area contributed by atoms with Gasteiger partial charge in [-0.1, -0.05) is 0 Å². The minimum absolute atomic E-state index is 0.0894. The summed E-state index contributed by atoms with van der Waals surface area (Å²) in [5.41, 5.74) is 5.56. The first-order valence-electron chi connectivity index (χ1n) is 5.34. The number of carbonyl (C=O) groups is 1. The van der Waals surface area contributed by atoms with E-state index in [9.17, 15) is 4.79 Å². The lowest BCUT2D eigenvalue weighted by molar-refractivity contribution is -0.126. The Morgan fingerprint density at radius 2 is 2.27 bits per heavy atom. The van der Waals surface area contributed by atoms with E-state index in [0.29, 0.717) is 25.7 Å². The Hall–Kier alpha value is -0.650. The molecular weight excluding hydrogens is 196 g/mol.